The third-order valence-electron chi connectivity index (χ3n) is 4.07. The number of nitrogens with one attached hydrogen (secondary N) is 2. The van der Waals surface area contributed by atoms with Gasteiger partial charge in [0.05, 0.1) is 17.0 Å². The van der Waals surface area contributed by atoms with Crippen LogP contribution in [0.2, 0.25) is 0 Å². The molecule has 0 aliphatic rings. The number of benzene rings is 2. The van der Waals surface area contributed by atoms with Gasteiger partial charge in [0.1, 0.15) is 4.32 Å². The molecule has 2 aromatic rings. The lowest BCUT2D eigenvalue weighted by atomic mass is 10.1. The van der Waals surface area contributed by atoms with Crippen LogP contribution in [-0.4, -0.2) is 39.9 Å². The van der Waals surface area contributed by atoms with E-state index in [0.717, 1.165) is 18.7 Å². The van der Waals surface area contributed by atoms with Crippen molar-refractivity contribution in [2.45, 2.75) is 20.8 Å². The Morgan fingerprint density at radius 3 is 2.43 bits per heavy atom. The van der Waals surface area contributed by atoms with Gasteiger partial charge in [-0.05, 0) is 50.6 Å². The second-order valence-electron chi connectivity index (χ2n) is 6.14. The standard InChI is InChI=1S/C21H25N3O2S2/c1-4-24(5-2)21(27)28-14-19(25)23-18-12-7-6-11-17(18)20(26)22-16-10-8-9-15(3)13-16/h6-13H,4-5,14H2,1-3H3,(H,22,26)(H,23,25). The first-order valence-electron chi connectivity index (χ1n) is 9.13. The summed E-state index contributed by atoms with van der Waals surface area (Å²) in [7, 11) is 0. The number of carbonyl (C=O) groups excluding carboxylic acids is 2. The highest BCUT2D eigenvalue weighted by Gasteiger charge is 2.15. The maximum absolute atomic E-state index is 12.7. The van der Waals surface area contributed by atoms with Gasteiger partial charge in [-0.2, -0.15) is 0 Å². The predicted molar refractivity (Wildman–Crippen MR) is 122 cm³/mol. The summed E-state index contributed by atoms with van der Waals surface area (Å²) in [5.41, 5.74) is 2.66. The molecule has 0 spiro atoms. The van der Waals surface area contributed by atoms with E-state index in [1.54, 1.807) is 24.3 Å². The fraction of sp³-hybridized carbons (Fsp3) is 0.286. The van der Waals surface area contributed by atoms with E-state index in [1.165, 1.54) is 11.8 Å². The number of aryl methyl sites for hydroxylation is 1. The number of carbonyl (C=O) groups is 2. The predicted octanol–water partition coefficient (Wildman–Crippen LogP) is 4.55. The van der Waals surface area contributed by atoms with Crippen LogP contribution >= 0.6 is 24.0 Å². The van der Waals surface area contributed by atoms with Crippen molar-refractivity contribution in [2.24, 2.45) is 0 Å². The molecular formula is C21H25N3O2S2. The molecule has 28 heavy (non-hydrogen) atoms. The van der Waals surface area contributed by atoms with Crippen molar-refractivity contribution in [3.8, 4) is 0 Å². The van der Waals surface area contributed by atoms with Gasteiger partial charge in [0.15, 0.2) is 0 Å². The van der Waals surface area contributed by atoms with Crippen molar-refractivity contribution in [1.82, 2.24) is 4.90 Å². The van der Waals surface area contributed by atoms with E-state index in [1.807, 2.05) is 49.9 Å². The third-order valence-corrected chi connectivity index (χ3v) is 5.59. The van der Waals surface area contributed by atoms with Crippen molar-refractivity contribution in [1.29, 1.82) is 0 Å². The zero-order chi connectivity index (χ0) is 20.5. The minimum absolute atomic E-state index is 0.198. The maximum Gasteiger partial charge on any atom is 0.257 e. The van der Waals surface area contributed by atoms with Gasteiger partial charge in [-0.15, -0.1) is 0 Å². The molecule has 0 fully saturated rings. The summed E-state index contributed by atoms with van der Waals surface area (Å²) in [6.45, 7) is 7.64. The monoisotopic (exact) mass is 415 g/mol. The van der Waals surface area contributed by atoms with E-state index in [0.29, 0.717) is 21.3 Å². The summed E-state index contributed by atoms with van der Waals surface area (Å²) in [6, 6.07) is 14.5. The quantitative estimate of drug-likeness (QED) is 0.650. The van der Waals surface area contributed by atoms with Crippen LogP contribution in [0.3, 0.4) is 0 Å². The number of thioether (sulfide) groups is 1. The van der Waals surface area contributed by atoms with Crippen LogP contribution in [0.4, 0.5) is 11.4 Å². The molecule has 2 aromatic carbocycles. The van der Waals surface area contributed by atoms with Crippen molar-refractivity contribution >= 4 is 51.5 Å². The van der Waals surface area contributed by atoms with Crippen LogP contribution in [0.5, 0.6) is 0 Å². The Hall–Kier alpha value is -2.38. The Morgan fingerprint density at radius 2 is 1.75 bits per heavy atom. The zero-order valence-corrected chi connectivity index (χ0v) is 18.0. The molecule has 0 bridgehead atoms. The molecule has 2 amide bonds. The smallest absolute Gasteiger partial charge is 0.257 e. The number of amides is 2. The van der Waals surface area contributed by atoms with Crippen LogP contribution in [0.25, 0.3) is 0 Å². The van der Waals surface area contributed by atoms with Crippen molar-refractivity contribution in [3.63, 3.8) is 0 Å². The molecule has 148 valence electrons. The number of nitrogens with zero attached hydrogens (tertiary/aromatic N) is 1. The fourth-order valence-electron chi connectivity index (χ4n) is 2.60. The Bertz CT molecular complexity index is 851. The van der Waals surface area contributed by atoms with E-state index in [4.69, 9.17) is 12.2 Å². The molecule has 0 atom stereocenters. The van der Waals surface area contributed by atoms with Gasteiger partial charge >= 0.3 is 0 Å². The third kappa shape index (κ3) is 6.35. The van der Waals surface area contributed by atoms with E-state index < -0.39 is 0 Å². The van der Waals surface area contributed by atoms with Gasteiger partial charge in [0, 0.05) is 18.8 Å². The van der Waals surface area contributed by atoms with Crippen LogP contribution < -0.4 is 10.6 Å². The molecule has 2 N–H and O–H groups in total. The number of hydrogen-bond donors (Lipinski definition) is 2. The van der Waals surface area contributed by atoms with Crippen LogP contribution in [0.1, 0.15) is 29.8 Å². The first-order chi connectivity index (χ1) is 13.4. The number of para-hydroxylation sites is 1. The SMILES string of the molecule is CCN(CC)C(=S)SCC(=O)Nc1ccccc1C(=O)Nc1cccc(C)c1. The van der Waals surface area contributed by atoms with E-state index in [-0.39, 0.29) is 17.6 Å². The molecule has 5 nitrogen and oxygen atoms in total. The second-order valence-corrected chi connectivity index (χ2v) is 7.75. The molecule has 0 heterocycles. The summed E-state index contributed by atoms with van der Waals surface area (Å²) in [5, 5.41) is 5.69. The Labute approximate surface area is 175 Å². The van der Waals surface area contributed by atoms with Gasteiger partial charge in [-0.25, -0.2) is 0 Å². The largest absolute Gasteiger partial charge is 0.358 e. The highest BCUT2D eigenvalue weighted by atomic mass is 32.2. The highest BCUT2D eigenvalue weighted by molar-refractivity contribution is 8.23. The van der Waals surface area contributed by atoms with Crippen LogP contribution in [0.15, 0.2) is 48.5 Å². The van der Waals surface area contributed by atoms with E-state index in [2.05, 4.69) is 10.6 Å². The van der Waals surface area contributed by atoms with Crippen LogP contribution in [0, 0.1) is 6.92 Å². The summed E-state index contributed by atoms with van der Waals surface area (Å²) < 4.78 is 0.700. The zero-order valence-electron chi connectivity index (χ0n) is 16.3. The topological polar surface area (TPSA) is 61.4 Å². The maximum atomic E-state index is 12.7. The molecule has 0 aliphatic carbocycles. The summed E-state index contributed by atoms with van der Waals surface area (Å²) in [5.74, 6) is -0.272. The normalized spacial score (nSPS) is 10.2. The lowest BCUT2D eigenvalue weighted by molar-refractivity contribution is -0.113. The average Bonchev–Trinajstić information content (AvgIpc) is 2.67. The van der Waals surface area contributed by atoms with Gasteiger partial charge in [0.2, 0.25) is 5.91 Å². The van der Waals surface area contributed by atoms with Gasteiger partial charge in [-0.1, -0.05) is 48.2 Å². The molecule has 0 radical (unpaired) electrons. The summed E-state index contributed by atoms with van der Waals surface area (Å²) in [4.78, 5) is 27.0. The van der Waals surface area contributed by atoms with Gasteiger partial charge < -0.3 is 15.5 Å². The number of hydrogen-bond acceptors (Lipinski definition) is 4. The Kier molecular flexibility index (Phi) is 8.47. The minimum atomic E-state index is -0.271. The summed E-state index contributed by atoms with van der Waals surface area (Å²) >= 11 is 6.68. The van der Waals surface area contributed by atoms with Crippen LogP contribution in [-0.2, 0) is 4.79 Å². The average molecular weight is 416 g/mol. The fourth-order valence-corrected chi connectivity index (χ4v) is 3.80. The molecule has 0 unspecified atom stereocenters. The van der Waals surface area contributed by atoms with Crippen molar-refractivity contribution in [3.05, 3.63) is 59.7 Å². The van der Waals surface area contributed by atoms with Crippen molar-refractivity contribution < 1.29 is 9.59 Å². The molecule has 7 heteroatoms. The first-order valence-corrected chi connectivity index (χ1v) is 10.5. The molecule has 0 saturated carbocycles. The van der Waals surface area contributed by atoms with Gasteiger partial charge in [-0.3, -0.25) is 9.59 Å². The lowest BCUT2D eigenvalue weighted by Crippen LogP contribution is -2.28. The summed E-state index contributed by atoms with van der Waals surface area (Å²) in [6.07, 6.45) is 0. The Balaban J connectivity index is 2.02. The van der Waals surface area contributed by atoms with E-state index >= 15 is 0 Å². The van der Waals surface area contributed by atoms with E-state index in [9.17, 15) is 9.59 Å². The highest BCUT2D eigenvalue weighted by Crippen LogP contribution is 2.19. The lowest BCUT2D eigenvalue weighted by Gasteiger charge is -2.20. The molecule has 0 saturated heterocycles. The molecule has 2 rings (SSSR count). The molecule has 0 aliphatic heterocycles. The number of rotatable bonds is 7. The number of thiocarbonyl (C=S) groups is 1. The first kappa shape index (κ1) is 21.9. The van der Waals surface area contributed by atoms with Gasteiger partial charge in [0.25, 0.3) is 5.91 Å². The number of anilines is 2. The minimum Gasteiger partial charge on any atom is -0.358 e. The Morgan fingerprint density at radius 1 is 1.04 bits per heavy atom. The second kappa shape index (κ2) is 10.8. The van der Waals surface area contributed by atoms with Crippen molar-refractivity contribution in [2.75, 3.05) is 29.5 Å². The molecular weight excluding hydrogens is 390 g/mol. The molecule has 0 aromatic heterocycles.